The van der Waals surface area contributed by atoms with Gasteiger partial charge < -0.3 is 14.7 Å². The number of aromatic nitrogens is 2. The second-order valence-electron chi connectivity index (χ2n) is 11.6. The van der Waals surface area contributed by atoms with Crippen LogP contribution in [0.3, 0.4) is 0 Å². The summed E-state index contributed by atoms with van der Waals surface area (Å²) in [6.07, 6.45) is 4.60. The van der Waals surface area contributed by atoms with E-state index in [4.69, 9.17) is 4.52 Å². The highest BCUT2D eigenvalue weighted by atomic mass is 19.3. The summed E-state index contributed by atoms with van der Waals surface area (Å²) < 4.78 is 35.7. The van der Waals surface area contributed by atoms with Crippen molar-refractivity contribution in [3.8, 4) is 0 Å². The summed E-state index contributed by atoms with van der Waals surface area (Å²) in [5.41, 5.74) is -0.263. The van der Waals surface area contributed by atoms with E-state index in [0.29, 0.717) is 56.6 Å². The molecule has 2 aliphatic carbocycles. The molecule has 3 heterocycles. The molecule has 2 aliphatic heterocycles. The third-order valence-corrected chi connectivity index (χ3v) is 8.74. The zero-order chi connectivity index (χ0) is 24.8. The number of halogens is 2. The first-order valence-electron chi connectivity index (χ1n) is 13.4. The second-order valence-corrected chi connectivity index (χ2v) is 11.6. The lowest BCUT2D eigenvalue weighted by Gasteiger charge is -2.48. The fourth-order valence-electron chi connectivity index (χ4n) is 5.96. The number of carbonyl (C=O) groups is 1. The molecule has 4 aliphatic rings. The van der Waals surface area contributed by atoms with Crippen LogP contribution in [-0.4, -0.2) is 94.2 Å². The van der Waals surface area contributed by atoms with Crippen molar-refractivity contribution in [2.45, 2.75) is 101 Å². The lowest BCUT2D eigenvalue weighted by atomic mass is 9.79. The van der Waals surface area contributed by atoms with Gasteiger partial charge in [0.05, 0.1) is 0 Å². The van der Waals surface area contributed by atoms with Crippen LogP contribution in [0.25, 0.3) is 0 Å². The molecule has 0 spiro atoms. The van der Waals surface area contributed by atoms with E-state index in [1.54, 1.807) is 4.90 Å². The van der Waals surface area contributed by atoms with Crippen LogP contribution >= 0.6 is 0 Å². The number of alkyl halides is 2. The van der Waals surface area contributed by atoms with E-state index in [0.717, 1.165) is 44.9 Å². The summed E-state index contributed by atoms with van der Waals surface area (Å²) in [6.45, 7) is 10.7. The number of likely N-dealkylation sites (tertiary alicyclic amines) is 1. The third-order valence-electron chi connectivity index (χ3n) is 8.74. The molecule has 196 valence electrons. The fraction of sp³-hybridized carbons (Fsp3) is 0.880. The first kappa shape index (κ1) is 24.9. The molecule has 0 radical (unpaired) electrons. The van der Waals surface area contributed by atoms with Gasteiger partial charge in [-0.05, 0) is 52.4 Å². The summed E-state index contributed by atoms with van der Waals surface area (Å²) in [7, 11) is 0. The van der Waals surface area contributed by atoms with Crippen molar-refractivity contribution in [1.82, 2.24) is 30.2 Å². The van der Waals surface area contributed by atoms with E-state index < -0.39 is 12.0 Å². The van der Waals surface area contributed by atoms with Crippen LogP contribution in [0.1, 0.15) is 83.3 Å². The highest BCUT2D eigenvalue weighted by Crippen LogP contribution is 2.41. The molecule has 1 N–H and O–H groups in total. The number of carbonyl (C=O) groups excluding carboxylic acids is 1. The molecule has 2 amide bonds. The maximum atomic E-state index is 15.1. The number of hydrogen-bond donors (Lipinski definition) is 1. The van der Waals surface area contributed by atoms with Gasteiger partial charge in [-0.25, -0.2) is 13.6 Å². The van der Waals surface area contributed by atoms with Crippen LogP contribution in [0.15, 0.2) is 4.52 Å². The van der Waals surface area contributed by atoms with Crippen LogP contribution in [0.2, 0.25) is 0 Å². The Balaban J connectivity index is 1.20. The minimum atomic E-state index is -2.90. The van der Waals surface area contributed by atoms with Crippen molar-refractivity contribution >= 4 is 6.03 Å². The van der Waals surface area contributed by atoms with Crippen LogP contribution in [0.4, 0.5) is 13.6 Å². The number of urea groups is 1. The van der Waals surface area contributed by atoms with Crippen molar-refractivity contribution in [2.75, 3.05) is 39.3 Å². The SMILES string of the molecule is CC(C)N1CCN([C@@H]2CCCC(F)(F)[C@H]2NC(=O)N2CCC(C)(c3noc(C4CC4)n3)CC2)CC1. The van der Waals surface area contributed by atoms with Crippen LogP contribution in [0.5, 0.6) is 0 Å². The minimum absolute atomic E-state index is 0.167. The minimum Gasteiger partial charge on any atom is -0.339 e. The Morgan fingerprint density at radius 1 is 1.06 bits per heavy atom. The van der Waals surface area contributed by atoms with Crippen LogP contribution in [-0.2, 0) is 5.41 Å². The lowest BCUT2D eigenvalue weighted by Crippen LogP contribution is -2.66. The van der Waals surface area contributed by atoms with Gasteiger partial charge in [0.1, 0.15) is 6.04 Å². The third kappa shape index (κ3) is 5.19. The van der Waals surface area contributed by atoms with E-state index in [-0.39, 0.29) is 23.9 Å². The molecule has 0 aromatic carbocycles. The van der Waals surface area contributed by atoms with Crippen LogP contribution in [0, 0.1) is 0 Å². The van der Waals surface area contributed by atoms with Crippen molar-refractivity contribution in [2.24, 2.45) is 0 Å². The highest BCUT2D eigenvalue weighted by Gasteiger charge is 2.50. The quantitative estimate of drug-likeness (QED) is 0.674. The summed E-state index contributed by atoms with van der Waals surface area (Å²) in [6, 6.07) is -1.40. The molecule has 35 heavy (non-hydrogen) atoms. The van der Waals surface area contributed by atoms with Crippen molar-refractivity contribution in [1.29, 1.82) is 0 Å². The molecule has 1 aromatic rings. The number of nitrogens with one attached hydrogen (secondary N) is 1. The van der Waals surface area contributed by atoms with Gasteiger partial charge in [0.25, 0.3) is 5.92 Å². The molecule has 5 rings (SSSR count). The largest absolute Gasteiger partial charge is 0.339 e. The van der Waals surface area contributed by atoms with Gasteiger partial charge in [-0.1, -0.05) is 12.1 Å². The first-order chi connectivity index (χ1) is 16.7. The standard InChI is InChI=1S/C25H40F2N6O2/c1-17(2)31-13-15-32(16-14-31)19-5-4-8-25(26,27)20(19)28-23(34)33-11-9-24(3,10-12-33)22-29-21(35-30-22)18-6-7-18/h17-20H,4-16H2,1-3H3,(H,28,34)/t19-,20+/m1/s1. The number of amides is 2. The fourth-order valence-corrected chi connectivity index (χ4v) is 5.96. The molecule has 0 bridgehead atoms. The molecule has 10 heteroatoms. The summed E-state index contributed by atoms with van der Waals surface area (Å²) >= 11 is 0. The lowest BCUT2D eigenvalue weighted by molar-refractivity contribution is -0.0973. The Morgan fingerprint density at radius 3 is 2.37 bits per heavy atom. The molecular formula is C25H40F2N6O2. The Morgan fingerprint density at radius 2 is 1.74 bits per heavy atom. The Kier molecular flexibility index (Phi) is 6.80. The van der Waals surface area contributed by atoms with E-state index in [1.165, 1.54) is 0 Å². The van der Waals surface area contributed by atoms with E-state index in [1.807, 2.05) is 0 Å². The monoisotopic (exact) mass is 494 g/mol. The van der Waals surface area contributed by atoms with Crippen molar-refractivity contribution in [3.05, 3.63) is 11.7 Å². The summed E-state index contributed by atoms with van der Waals surface area (Å²) in [4.78, 5) is 24.0. The van der Waals surface area contributed by atoms with Gasteiger partial charge in [0, 0.05) is 69.1 Å². The average Bonchev–Trinajstić information content (AvgIpc) is 3.56. The predicted molar refractivity (Wildman–Crippen MR) is 128 cm³/mol. The van der Waals surface area contributed by atoms with Gasteiger partial charge in [0.15, 0.2) is 5.82 Å². The number of nitrogens with zero attached hydrogens (tertiary/aromatic N) is 5. The van der Waals surface area contributed by atoms with Crippen molar-refractivity contribution < 1.29 is 18.1 Å². The summed E-state index contributed by atoms with van der Waals surface area (Å²) in [5, 5.41) is 7.01. The van der Waals surface area contributed by atoms with E-state index in [2.05, 4.69) is 46.0 Å². The van der Waals surface area contributed by atoms with E-state index in [9.17, 15) is 4.79 Å². The molecule has 8 nitrogen and oxygen atoms in total. The number of piperazine rings is 1. The number of rotatable bonds is 5. The van der Waals surface area contributed by atoms with E-state index >= 15 is 8.78 Å². The molecule has 0 unspecified atom stereocenters. The maximum absolute atomic E-state index is 15.1. The normalized spacial score (nSPS) is 29.9. The Labute approximate surface area is 206 Å². The molecule has 2 atom stereocenters. The Bertz CT molecular complexity index is 888. The molecule has 2 saturated heterocycles. The molecule has 1 aromatic heterocycles. The zero-order valence-corrected chi connectivity index (χ0v) is 21.3. The average molecular weight is 495 g/mol. The van der Waals surface area contributed by atoms with Gasteiger partial charge in [0.2, 0.25) is 5.89 Å². The van der Waals surface area contributed by atoms with Gasteiger partial charge in [-0.15, -0.1) is 0 Å². The van der Waals surface area contributed by atoms with Gasteiger partial charge in [-0.3, -0.25) is 9.80 Å². The van der Waals surface area contributed by atoms with Crippen molar-refractivity contribution in [3.63, 3.8) is 0 Å². The topological polar surface area (TPSA) is 77.7 Å². The zero-order valence-electron chi connectivity index (χ0n) is 21.3. The van der Waals surface area contributed by atoms with Gasteiger partial charge in [-0.2, -0.15) is 4.98 Å². The second kappa shape index (κ2) is 9.57. The smallest absolute Gasteiger partial charge is 0.317 e. The van der Waals surface area contributed by atoms with Crippen LogP contribution < -0.4 is 5.32 Å². The predicted octanol–water partition coefficient (Wildman–Crippen LogP) is 3.59. The maximum Gasteiger partial charge on any atom is 0.317 e. The van der Waals surface area contributed by atoms with Gasteiger partial charge >= 0.3 is 6.03 Å². The molecule has 4 fully saturated rings. The molecular weight excluding hydrogens is 454 g/mol. The summed E-state index contributed by atoms with van der Waals surface area (Å²) in [5.74, 6) is -1.06. The molecule has 2 saturated carbocycles. The first-order valence-corrected chi connectivity index (χ1v) is 13.4. The highest BCUT2D eigenvalue weighted by molar-refractivity contribution is 5.75. The number of hydrogen-bond acceptors (Lipinski definition) is 6. The Hall–Kier alpha value is -1.81. The number of piperidine rings is 1.